The molecule has 0 spiro atoms. The zero-order valence-corrected chi connectivity index (χ0v) is 10.7. The first kappa shape index (κ1) is 11.8. The number of ether oxygens (including phenoxy) is 3. The Labute approximate surface area is 107 Å². The molecule has 1 aromatic rings. The SMILES string of the molecule is COCc1cc2c(cc1CC1(N)CC1)OCCO2. The van der Waals surface area contributed by atoms with Crippen LogP contribution in [0.25, 0.3) is 0 Å². The Kier molecular flexibility index (Phi) is 2.92. The largest absolute Gasteiger partial charge is 0.486 e. The van der Waals surface area contributed by atoms with Gasteiger partial charge in [-0.15, -0.1) is 0 Å². The molecule has 1 aliphatic heterocycles. The summed E-state index contributed by atoms with van der Waals surface area (Å²) in [6.45, 7) is 1.81. The Bertz CT molecular complexity index is 455. The van der Waals surface area contributed by atoms with Gasteiger partial charge in [-0.1, -0.05) is 0 Å². The average Bonchev–Trinajstić information content (AvgIpc) is 3.08. The number of hydrogen-bond acceptors (Lipinski definition) is 4. The molecule has 0 unspecified atom stereocenters. The van der Waals surface area contributed by atoms with E-state index in [0.717, 1.165) is 36.3 Å². The van der Waals surface area contributed by atoms with E-state index >= 15 is 0 Å². The molecule has 4 heteroatoms. The van der Waals surface area contributed by atoms with Crippen LogP contribution >= 0.6 is 0 Å². The van der Waals surface area contributed by atoms with Crippen molar-refractivity contribution >= 4 is 0 Å². The van der Waals surface area contributed by atoms with Gasteiger partial charge in [0, 0.05) is 12.6 Å². The fraction of sp³-hybridized carbons (Fsp3) is 0.571. The zero-order valence-electron chi connectivity index (χ0n) is 10.7. The molecule has 1 aromatic carbocycles. The summed E-state index contributed by atoms with van der Waals surface area (Å²) in [5, 5.41) is 0. The van der Waals surface area contributed by atoms with Crippen LogP contribution in [0.3, 0.4) is 0 Å². The van der Waals surface area contributed by atoms with Gasteiger partial charge >= 0.3 is 0 Å². The summed E-state index contributed by atoms with van der Waals surface area (Å²) < 4.78 is 16.5. The van der Waals surface area contributed by atoms with Crippen molar-refractivity contribution in [2.24, 2.45) is 5.73 Å². The van der Waals surface area contributed by atoms with Crippen LogP contribution in [0.2, 0.25) is 0 Å². The lowest BCUT2D eigenvalue weighted by atomic mass is 9.98. The van der Waals surface area contributed by atoms with Crippen LogP contribution in [0, 0.1) is 0 Å². The van der Waals surface area contributed by atoms with Crippen molar-refractivity contribution in [3.8, 4) is 11.5 Å². The average molecular weight is 249 g/mol. The highest BCUT2D eigenvalue weighted by atomic mass is 16.6. The number of hydrogen-bond donors (Lipinski definition) is 1. The first-order valence-electron chi connectivity index (χ1n) is 6.39. The van der Waals surface area contributed by atoms with Crippen LogP contribution in [0.4, 0.5) is 0 Å². The third-order valence-electron chi connectivity index (χ3n) is 3.60. The Morgan fingerprint density at radius 1 is 1.17 bits per heavy atom. The predicted octanol–water partition coefficient (Wildman–Crippen LogP) is 1.64. The van der Waals surface area contributed by atoms with E-state index in [9.17, 15) is 0 Å². The summed E-state index contributed by atoms with van der Waals surface area (Å²) in [6.07, 6.45) is 3.10. The van der Waals surface area contributed by atoms with Crippen molar-refractivity contribution in [3.05, 3.63) is 23.3 Å². The van der Waals surface area contributed by atoms with Gasteiger partial charge < -0.3 is 19.9 Å². The highest BCUT2D eigenvalue weighted by molar-refractivity contribution is 5.48. The fourth-order valence-corrected chi connectivity index (χ4v) is 2.34. The van der Waals surface area contributed by atoms with Crippen LogP contribution in [0.5, 0.6) is 11.5 Å². The molecular weight excluding hydrogens is 230 g/mol. The molecule has 4 nitrogen and oxygen atoms in total. The maximum atomic E-state index is 6.21. The lowest BCUT2D eigenvalue weighted by Crippen LogP contribution is -2.25. The number of methoxy groups -OCH3 is 1. The highest BCUT2D eigenvalue weighted by Crippen LogP contribution is 2.40. The molecule has 0 bridgehead atoms. The van der Waals surface area contributed by atoms with Gasteiger partial charge in [0.25, 0.3) is 0 Å². The topological polar surface area (TPSA) is 53.7 Å². The minimum absolute atomic E-state index is 0.00769. The molecule has 0 atom stereocenters. The van der Waals surface area contributed by atoms with E-state index in [1.54, 1.807) is 7.11 Å². The standard InChI is InChI=1S/C14H19NO3/c1-16-9-11-7-13-12(17-4-5-18-13)6-10(11)8-14(15)2-3-14/h6-7H,2-5,8-9,15H2,1H3. The molecule has 1 fully saturated rings. The van der Waals surface area contributed by atoms with E-state index in [-0.39, 0.29) is 5.54 Å². The summed E-state index contributed by atoms with van der Waals surface area (Å²) in [6, 6.07) is 4.09. The van der Waals surface area contributed by atoms with E-state index in [1.807, 2.05) is 6.07 Å². The summed E-state index contributed by atoms with van der Waals surface area (Å²) in [5.41, 5.74) is 8.57. The summed E-state index contributed by atoms with van der Waals surface area (Å²) in [7, 11) is 1.70. The summed E-state index contributed by atoms with van der Waals surface area (Å²) in [5.74, 6) is 1.65. The Morgan fingerprint density at radius 2 is 1.78 bits per heavy atom. The van der Waals surface area contributed by atoms with Gasteiger partial charge in [-0.05, 0) is 42.5 Å². The lowest BCUT2D eigenvalue weighted by Gasteiger charge is -2.22. The van der Waals surface area contributed by atoms with Crippen LogP contribution < -0.4 is 15.2 Å². The summed E-state index contributed by atoms with van der Waals surface area (Å²) in [4.78, 5) is 0. The molecule has 3 rings (SSSR count). The number of rotatable bonds is 4. The number of benzene rings is 1. The maximum absolute atomic E-state index is 6.21. The molecule has 1 saturated carbocycles. The van der Waals surface area contributed by atoms with E-state index < -0.39 is 0 Å². The number of nitrogens with two attached hydrogens (primary N) is 1. The van der Waals surface area contributed by atoms with Gasteiger partial charge in [0.05, 0.1) is 6.61 Å². The van der Waals surface area contributed by atoms with Crippen LogP contribution in [-0.2, 0) is 17.8 Å². The molecule has 2 N–H and O–H groups in total. The third kappa shape index (κ3) is 2.31. The number of fused-ring (bicyclic) bond motifs is 1. The Balaban J connectivity index is 1.93. The van der Waals surface area contributed by atoms with Gasteiger partial charge in [-0.3, -0.25) is 0 Å². The first-order valence-corrected chi connectivity index (χ1v) is 6.39. The van der Waals surface area contributed by atoms with Crippen molar-refractivity contribution in [1.29, 1.82) is 0 Å². The third-order valence-corrected chi connectivity index (χ3v) is 3.60. The molecule has 18 heavy (non-hydrogen) atoms. The normalized spacial score (nSPS) is 19.7. The second-order valence-electron chi connectivity index (χ2n) is 5.24. The van der Waals surface area contributed by atoms with Gasteiger partial charge in [-0.2, -0.15) is 0 Å². The summed E-state index contributed by atoms with van der Waals surface area (Å²) >= 11 is 0. The monoisotopic (exact) mass is 249 g/mol. The minimum Gasteiger partial charge on any atom is -0.486 e. The molecule has 0 amide bonds. The highest BCUT2D eigenvalue weighted by Gasteiger charge is 2.38. The Morgan fingerprint density at radius 3 is 2.33 bits per heavy atom. The van der Waals surface area contributed by atoms with E-state index in [1.165, 1.54) is 5.56 Å². The second kappa shape index (κ2) is 4.44. The van der Waals surface area contributed by atoms with Crippen molar-refractivity contribution in [2.75, 3.05) is 20.3 Å². The fourth-order valence-electron chi connectivity index (χ4n) is 2.34. The molecule has 2 aliphatic rings. The first-order chi connectivity index (χ1) is 8.70. The van der Waals surface area contributed by atoms with E-state index in [0.29, 0.717) is 19.8 Å². The van der Waals surface area contributed by atoms with Gasteiger partial charge in [0.1, 0.15) is 13.2 Å². The lowest BCUT2D eigenvalue weighted by molar-refractivity contribution is 0.167. The zero-order chi connectivity index (χ0) is 12.6. The quantitative estimate of drug-likeness (QED) is 0.881. The van der Waals surface area contributed by atoms with Crippen molar-refractivity contribution in [1.82, 2.24) is 0 Å². The van der Waals surface area contributed by atoms with Gasteiger partial charge in [-0.25, -0.2) is 0 Å². The predicted molar refractivity (Wildman–Crippen MR) is 68.0 cm³/mol. The van der Waals surface area contributed by atoms with Gasteiger partial charge in [0.15, 0.2) is 11.5 Å². The van der Waals surface area contributed by atoms with Crippen molar-refractivity contribution < 1.29 is 14.2 Å². The maximum Gasteiger partial charge on any atom is 0.161 e. The smallest absolute Gasteiger partial charge is 0.161 e. The van der Waals surface area contributed by atoms with Crippen LogP contribution in [0.1, 0.15) is 24.0 Å². The van der Waals surface area contributed by atoms with Gasteiger partial charge in [0.2, 0.25) is 0 Å². The molecule has 1 heterocycles. The van der Waals surface area contributed by atoms with Crippen molar-refractivity contribution in [3.63, 3.8) is 0 Å². The second-order valence-corrected chi connectivity index (χ2v) is 5.24. The van der Waals surface area contributed by atoms with Crippen LogP contribution in [0.15, 0.2) is 12.1 Å². The minimum atomic E-state index is -0.00769. The molecule has 0 radical (unpaired) electrons. The van der Waals surface area contributed by atoms with E-state index in [2.05, 4.69) is 6.07 Å². The van der Waals surface area contributed by atoms with E-state index in [4.69, 9.17) is 19.9 Å². The molecule has 98 valence electrons. The van der Waals surface area contributed by atoms with Crippen molar-refractivity contribution in [2.45, 2.75) is 31.4 Å². The Hall–Kier alpha value is -1.26. The molecule has 0 aromatic heterocycles. The molecular formula is C14H19NO3. The molecule has 0 saturated heterocycles. The molecule has 1 aliphatic carbocycles. The van der Waals surface area contributed by atoms with Crippen LogP contribution in [-0.4, -0.2) is 25.9 Å².